The van der Waals surface area contributed by atoms with E-state index in [-0.39, 0.29) is 36.6 Å². The van der Waals surface area contributed by atoms with Crippen molar-refractivity contribution in [3.8, 4) is 0 Å². The zero-order valence-corrected chi connectivity index (χ0v) is 18.3. The van der Waals surface area contributed by atoms with E-state index in [1.807, 2.05) is 13.0 Å². The number of fused-ring (bicyclic) bond motifs is 1. The highest BCUT2D eigenvalue weighted by atomic mass is 19.4. The molecule has 1 atom stereocenters. The fourth-order valence-electron chi connectivity index (χ4n) is 4.89. The Morgan fingerprint density at radius 3 is 2.56 bits per heavy atom. The molecule has 0 saturated heterocycles. The summed E-state index contributed by atoms with van der Waals surface area (Å²) in [4.78, 5) is 36.3. The second-order valence-corrected chi connectivity index (χ2v) is 8.25. The monoisotopic (exact) mass is 453 g/mol. The number of hydrogen-bond donors (Lipinski definition) is 1. The van der Waals surface area contributed by atoms with E-state index in [1.165, 1.54) is 0 Å². The summed E-state index contributed by atoms with van der Waals surface area (Å²) in [6.07, 6.45) is -0.246. The lowest BCUT2D eigenvalue weighted by Gasteiger charge is -2.27. The van der Waals surface area contributed by atoms with Crippen LogP contribution >= 0.6 is 0 Å². The molecule has 174 valence electrons. The largest absolute Gasteiger partial charge is 0.481 e. The third-order valence-electron chi connectivity index (χ3n) is 6.41. The second-order valence-electron chi connectivity index (χ2n) is 8.25. The average Bonchev–Trinajstić information content (AvgIpc) is 3.31. The van der Waals surface area contributed by atoms with Crippen LogP contribution in [0.3, 0.4) is 0 Å². The van der Waals surface area contributed by atoms with E-state index in [4.69, 9.17) is 9.84 Å². The van der Waals surface area contributed by atoms with Gasteiger partial charge < -0.3 is 14.7 Å². The van der Waals surface area contributed by atoms with E-state index < -0.39 is 24.0 Å². The van der Waals surface area contributed by atoms with Gasteiger partial charge in [0.15, 0.2) is 0 Å². The lowest BCUT2D eigenvalue weighted by Crippen LogP contribution is -2.40. The molecule has 1 aromatic carbocycles. The molecular formula is C23H26F3NO5. The highest BCUT2D eigenvalue weighted by molar-refractivity contribution is 6.07. The van der Waals surface area contributed by atoms with E-state index in [0.717, 1.165) is 43.0 Å². The number of carbonyl (C=O) groups is 3. The molecule has 1 aliphatic carbocycles. The predicted octanol–water partition coefficient (Wildman–Crippen LogP) is 4.50. The number of anilines is 1. The molecule has 0 aromatic heterocycles. The molecule has 1 fully saturated rings. The van der Waals surface area contributed by atoms with Crippen molar-refractivity contribution in [2.24, 2.45) is 5.92 Å². The zero-order valence-electron chi connectivity index (χ0n) is 18.3. The van der Waals surface area contributed by atoms with Crippen LogP contribution < -0.4 is 4.90 Å². The maximum Gasteiger partial charge on any atom is 0.471 e. The van der Waals surface area contributed by atoms with Gasteiger partial charge in [0.2, 0.25) is 0 Å². The molecule has 2 aliphatic rings. The number of carboxylic acid groups (broad SMARTS) is 1. The van der Waals surface area contributed by atoms with Gasteiger partial charge in [0.05, 0.1) is 17.7 Å². The SMILES string of the molecule is CCc1c(C)c2c(c(N(C)C(=O)C(F)(F)F)c1C/C=C1\CCCC1CC(=O)O)C(=O)OC2. The van der Waals surface area contributed by atoms with Crippen molar-refractivity contribution in [3.05, 3.63) is 39.5 Å². The summed E-state index contributed by atoms with van der Waals surface area (Å²) in [6, 6.07) is 0. The minimum atomic E-state index is -5.10. The average molecular weight is 453 g/mol. The van der Waals surface area contributed by atoms with Crippen molar-refractivity contribution in [2.45, 2.75) is 65.2 Å². The first-order valence-electron chi connectivity index (χ1n) is 10.6. The normalized spacial score (nSPS) is 19.2. The van der Waals surface area contributed by atoms with Gasteiger partial charge >= 0.3 is 24.0 Å². The number of esters is 1. The number of nitrogens with zero attached hydrogens (tertiary/aromatic N) is 1. The van der Waals surface area contributed by atoms with Gasteiger partial charge in [0, 0.05) is 12.6 Å². The number of ether oxygens (including phenoxy) is 1. The Morgan fingerprint density at radius 1 is 1.28 bits per heavy atom. The van der Waals surface area contributed by atoms with Gasteiger partial charge in [-0.25, -0.2) is 4.79 Å². The van der Waals surface area contributed by atoms with Crippen LogP contribution in [-0.4, -0.2) is 36.2 Å². The number of halogens is 3. The number of cyclic esters (lactones) is 1. The van der Waals surface area contributed by atoms with Gasteiger partial charge in [-0.2, -0.15) is 13.2 Å². The Kier molecular flexibility index (Phi) is 6.67. The van der Waals surface area contributed by atoms with Crippen LogP contribution in [0.4, 0.5) is 18.9 Å². The summed E-state index contributed by atoms with van der Waals surface area (Å²) in [5, 5.41) is 9.16. The summed E-state index contributed by atoms with van der Waals surface area (Å²) >= 11 is 0. The number of alkyl halides is 3. The molecule has 1 amide bonds. The number of carboxylic acids is 1. The van der Waals surface area contributed by atoms with Crippen molar-refractivity contribution in [1.29, 1.82) is 0 Å². The van der Waals surface area contributed by atoms with E-state index in [0.29, 0.717) is 22.4 Å². The molecule has 1 heterocycles. The van der Waals surface area contributed by atoms with Crippen molar-refractivity contribution < 1.29 is 37.4 Å². The van der Waals surface area contributed by atoms with Crippen LogP contribution in [0.5, 0.6) is 0 Å². The van der Waals surface area contributed by atoms with Gasteiger partial charge in [-0.05, 0) is 61.6 Å². The van der Waals surface area contributed by atoms with E-state index in [2.05, 4.69) is 0 Å². The molecule has 1 aromatic rings. The molecule has 1 N–H and O–H groups in total. The molecule has 3 rings (SSSR count). The lowest BCUT2D eigenvalue weighted by atomic mass is 9.87. The van der Waals surface area contributed by atoms with Gasteiger partial charge in [0.1, 0.15) is 6.61 Å². The smallest absolute Gasteiger partial charge is 0.471 e. The number of aliphatic carboxylic acids is 1. The first kappa shape index (κ1) is 23.8. The van der Waals surface area contributed by atoms with Gasteiger partial charge in [-0.3, -0.25) is 9.59 Å². The summed E-state index contributed by atoms with van der Waals surface area (Å²) < 4.78 is 44.9. The summed E-state index contributed by atoms with van der Waals surface area (Å²) in [7, 11) is 1.02. The summed E-state index contributed by atoms with van der Waals surface area (Å²) in [6.45, 7) is 3.62. The van der Waals surface area contributed by atoms with E-state index in [1.54, 1.807) is 6.92 Å². The molecule has 0 bridgehead atoms. The maximum atomic E-state index is 13.3. The topological polar surface area (TPSA) is 83.9 Å². The minimum Gasteiger partial charge on any atom is -0.481 e. The molecule has 0 spiro atoms. The Bertz CT molecular complexity index is 997. The second kappa shape index (κ2) is 8.96. The number of benzene rings is 1. The minimum absolute atomic E-state index is 0.00132. The summed E-state index contributed by atoms with van der Waals surface area (Å²) in [5.74, 6) is -3.83. The Morgan fingerprint density at radius 2 is 1.97 bits per heavy atom. The lowest BCUT2D eigenvalue weighted by molar-refractivity contribution is -0.170. The standard InChI is InChI=1S/C23H26F3NO5/c1-4-15-12(2)17-11-32-21(30)19(17)20(27(3)22(31)23(24,25)26)16(15)9-8-13-6-5-7-14(13)10-18(28)29/h8,14H,4-7,9-11H2,1-3H3,(H,28,29)/b13-8+. The predicted molar refractivity (Wildman–Crippen MR) is 111 cm³/mol. The Hall–Kier alpha value is -2.84. The van der Waals surface area contributed by atoms with Crippen LogP contribution in [0.1, 0.15) is 65.2 Å². The van der Waals surface area contributed by atoms with Crippen LogP contribution in [0.25, 0.3) is 0 Å². The number of hydrogen-bond acceptors (Lipinski definition) is 4. The van der Waals surface area contributed by atoms with Gasteiger partial charge in [-0.1, -0.05) is 18.6 Å². The number of rotatable bonds is 6. The van der Waals surface area contributed by atoms with Crippen LogP contribution in [0.2, 0.25) is 0 Å². The number of amides is 1. The maximum absolute atomic E-state index is 13.3. The van der Waals surface area contributed by atoms with Crippen molar-refractivity contribution >= 4 is 23.5 Å². The van der Waals surface area contributed by atoms with E-state index >= 15 is 0 Å². The molecule has 1 saturated carbocycles. The number of carbonyl (C=O) groups excluding carboxylic acids is 2. The van der Waals surface area contributed by atoms with Crippen molar-refractivity contribution in [3.63, 3.8) is 0 Å². The van der Waals surface area contributed by atoms with Crippen molar-refractivity contribution in [1.82, 2.24) is 0 Å². The number of allylic oxidation sites excluding steroid dienone is 2. The quantitative estimate of drug-likeness (QED) is 0.507. The first-order chi connectivity index (χ1) is 15.0. The molecule has 1 aliphatic heterocycles. The third-order valence-corrected chi connectivity index (χ3v) is 6.41. The van der Waals surface area contributed by atoms with Crippen LogP contribution in [0.15, 0.2) is 11.6 Å². The molecule has 1 unspecified atom stereocenters. The van der Waals surface area contributed by atoms with E-state index in [9.17, 15) is 27.6 Å². The van der Waals surface area contributed by atoms with Gasteiger partial charge in [0.25, 0.3) is 0 Å². The zero-order chi connectivity index (χ0) is 23.8. The van der Waals surface area contributed by atoms with Crippen LogP contribution in [0, 0.1) is 12.8 Å². The Balaban J connectivity index is 2.16. The first-order valence-corrected chi connectivity index (χ1v) is 10.6. The molecule has 32 heavy (non-hydrogen) atoms. The summed E-state index contributed by atoms with van der Waals surface area (Å²) in [5.41, 5.74) is 3.39. The molecule has 9 heteroatoms. The molecule has 0 radical (unpaired) electrons. The Labute approximate surface area is 184 Å². The fraction of sp³-hybridized carbons (Fsp3) is 0.522. The molecule has 6 nitrogen and oxygen atoms in total. The third kappa shape index (κ3) is 4.38. The molecular weight excluding hydrogens is 427 g/mol. The fourth-order valence-corrected chi connectivity index (χ4v) is 4.89. The van der Waals surface area contributed by atoms with Crippen molar-refractivity contribution in [2.75, 3.05) is 11.9 Å². The van der Waals surface area contributed by atoms with Crippen LogP contribution in [-0.2, 0) is 33.8 Å². The van der Waals surface area contributed by atoms with Gasteiger partial charge in [-0.15, -0.1) is 0 Å². The highest BCUT2D eigenvalue weighted by Gasteiger charge is 2.44. The highest BCUT2D eigenvalue weighted by Crippen LogP contribution is 2.41.